The molecule has 4 heterocycles. The van der Waals surface area contributed by atoms with Gasteiger partial charge in [-0.2, -0.15) is 5.26 Å². The van der Waals surface area contributed by atoms with Crippen molar-refractivity contribution in [3.05, 3.63) is 111 Å². The maximum atomic E-state index is 13.8. The van der Waals surface area contributed by atoms with Gasteiger partial charge in [-0.25, -0.2) is 9.97 Å². The molecule has 3 fully saturated rings. The van der Waals surface area contributed by atoms with Gasteiger partial charge in [0, 0.05) is 81.5 Å². The molecule has 7 rings (SSSR count). The number of nitrogens with zero attached hydrogens (tertiary/aromatic N) is 7. The van der Waals surface area contributed by atoms with Crippen molar-refractivity contribution in [2.45, 2.75) is 57.6 Å². The van der Waals surface area contributed by atoms with Crippen molar-refractivity contribution in [1.29, 1.82) is 5.26 Å². The molecule has 0 spiro atoms. The predicted molar refractivity (Wildman–Crippen MR) is 225 cm³/mol. The fraction of sp³-hybridized carbons (Fsp3) is 0.400. The molecule has 0 radical (unpaired) electrons. The Balaban J connectivity index is 0.890. The largest absolute Gasteiger partial charge is 0.487 e. The highest BCUT2D eigenvalue weighted by molar-refractivity contribution is 6.30. The molecule has 14 heteroatoms. The molecule has 13 nitrogen and oxygen atoms in total. The summed E-state index contributed by atoms with van der Waals surface area (Å²) >= 11 is 6.30. The molecule has 0 saturated carbocycles. The third-order valence-corrected chi connectivity index (χ3v) is 12.2. The van der Waals surface area contributed by atoms with E-state index in [0.29, 0.717) is 54.1 Å². The van der Waals surface area contributed by atoms with Crippen LogP contribution >= 0.6 is 11.6 Å². The molecule has 3 aliphatic rings. The summed E-state index contributed by atoms with van der Waals surface area (Å²) in [5.74, 6) is 0.713. The van der Waals surface area contributed by atoms with E-state index in [-0.39, 0.29) is 35.3 Å². The third kappa shape index (κ3) is 9.40. The second kappa shape index (κ2) is 18.0. The van der Waals surface area contributed by atoms with Crippen LogP contribution < -0.4 is 19.9 Å². The van der Waals surface area contributed by atoms with Gasteiger partial charge in [-0.15, -0.1) is 0 Å². The maximum absolute atomic E-state index is 13.8. The highest BCUT2D eigenvalue weighted by Gasteiger charge is 2.35. The second-order valence-corrected chi connectivity index (χ2v) is 16.5. The van der Waals surface area contributed by atoms with Crippen LogP contribution in [0.4, 0.5) is 11.6 Å². The van der Waals surface area contributed by atoms with Gasteiger partial charge in [-0.05, 0) is 78.8 Å². The van der Waals surface area contributed by atoms with Crippen LogP contribution in [0.5, 0.6) is 5.75 Å². The number of aromatic nitrogens is 2. The van der Waals surface area contributed by atoms with Gasteiger partial charge >= 0.3 is 0 Å². The lowest BCUT2D eigenvalue weighted by Gasteiger charge is -2.40. The van der Waals surface area contributed by atoms with E-state index in [1.807, 2.05) is 48.5 Å². The topological polar surface area (TPSA) is 152 Å². The molecule has 3 amide bonds. The van der Waals surface area contributed by atoms with Crippen LogP contribution in [0.25, 0.3) is 0 Å². The number of benzene rings is 3. The summed E-state index contributed by atoms with van der Waals surface area (Å²) < 4.78 is 6.13. The van der Waals surface area contributed by atoms with Crippen LogP contribution in [0.2, 0.25) is 5.02 Å². The number of hydrogen-bond acceptors (Lipinski definition) is 11. The summed E-state index contributed by atoms with van der Waals surface area (Å²) in [5.41, 5.74) is 4.26. The zero-order valence-corrected chi connectivity index (χ0v) is 34.5. The van der Waals surface area contributed by atoms with E-state index in [9.17, 15) is 24.4 Å². The van der Waals surface area contributed by atoms with Crippen molar-refractivity contribution < 1.29 is 23.9 Å². The maximum Gasteiger partial charge on any atom is 0.257 e. The number of ether oxygens (including phenoxy) is 1. The van der Waals surface area contributed by atoms with Crippen LogP contribution in [0, 0.1) is 17.2 Å². The van der Waals surface area contributed by atoms with Crippen molar-refractivity contribution in [3.8, 4) is 11.8 Å². The summed E-state index contributed by atoms with van der Waals surface area (Å²) in [6.45, 7) is 10.3. The van der Waals surface area contributed by atoms with Crippen molar-refractivity contribution in [2.75, 3.05) is 62.7 Å². The zero-order chi connectivity index (χ0) is 41.7. The molecule has 1 atom stereocenters. The van der Waals surface area contributed by atoms with Crippen molar-refractivity contribution in [2.24, 2.45) is 5.92 Å². The molecule has 3 aromatic carbocycles. The molecule has 0 aliphatic carbocycles. The average Bonchev–Trinajstić information content (AvgIpc) is 3.25. The molecular weight excluding hydrogens is 768 g/mol. The van der Waals surface area contributed by atoms with Crippen molar-refractivity contribution in [3.63, 3.8) is 0 Å². The SMILES string of the molecule is CN(C(=O)c1c(C=O)cccc1N1CCN(CC2CCN(c3nccc(COc4ccc(C(C)(C)c5cc(Cl)cc(C#N)c5)cc4)n3)CC2)CC1)C1CCC(=O)NC1=O. The van der Waals surface area contributed by atoms with Crippen LogP contribution in [-0.2, 0) is 21.6 Å². The van der Waals surface area contributed by atoms with Gasteiger partial charge in [0.15, 0.2) is 6.29 Å². The average molecular weight is 817 g/mol. The van der Waals surface area contributed by atoms with E-state index in [1.165, 1.54) is 4.90 Å². The number of nitriles is 1. The Labute approximate surface area is 349 Å². The molecule has 3 aliphatic heterocycles. The Bertz CT molecular complexity index is 2240. The van der Waals surface area contributed by atoms with Crippen LogP contribution in [0.3, 0.4) is 0 Å². The Morgan fingerprint density at radius 2 is 1.73 bits per heavy atom. The summed E-state index contributed by atoms with van der Waals surface area (Å²) in [4.78, 5) is 67.8. The van der Waals surface area contributed by atoms with E-state index in [2.05, 4.69) is 44.9 Å². The molecule has 0 bridgehead atoms. The molecule has 1 unspecified atom stereocenters. The van der Waals surface area contributed by atoms with E-state index in [0.717, 1.165) is 68.1 Å². The van der Waals surface area contributed by atoms with Gasteiger partial charge in [0.25, 0.3) is 5.91 Å². The predicted octanol–water partition coefficient (Wildman–Crippen LogP) is 5.63. The smallest absolute Gasteiger partial charge is 0.257 e. The second-order valence-electron chi connectivity index (χ2n) is 16.1. The van der Waals surface area contributed by atoms with Gasteiger partial charge in [-0.1, -0.05) is 49.7 Å². The molecule has 1 N–H and O–H groups in total. The number of imide groups is 1. The van der Waals surface area contributed by atoms with Gasteiger partial charge < -0.3 is 19.4 Å². The summed E-state index contributed by atoms with van der Waals surface area (Å²) in [6.07, 6.45) is 4.92. The Morgan fingerprint density at radius 3 is 2.42 bits per heavy atom. The minimum atomic E-state index is -0.780. The Morgan fingerprint density at radius 1 is 0.983 bits per heavy atom. The first-order valence-electron chi connectivity index (χ1n) is 20.1. The fourth-order valence-electron chi connectivity index (χ4n) is 8.30. The monoisotopic (exact) mass is 816 g/mol. The third-order valence-electron chi connectivity index (χ3n) is 12.0. The highest BCUT2D eigenvalue weighted by atomic mass is 35.5. The van der Waals surface area contributed by atoms with Crippen LogP contribution in [0.1, 0.15) is 82.6 Å². The standard InChI is InChI=1S/C45H49ClN8O5/c1-45(2,34-23-31(26-47)24-35(46)25-34)33-7-9-37(10-8-33)59-29-36-13-16-48-44(49-36)54-17-14-30(15-18-54)27-52-19-21-53(22-20-52)38-6-4-5-32(28-55)41(38)43(58)51(3)39-11-12-40(56)50-42(39)57/h4-10,13,16,23-25,28,30,39H,11-12,14-15,17-22,27,29H2,1-3H3,(H,50,56,57). The van der Waals surface area contributed by atoms with Gasteiger partial charge in [0.05, 0.1) is 28.6 Å². The number of halogens is 1. The lowest BCUT2D eigenvalue weighted by Crippen LogP contribution is -2.53. The van der Waals surface area contributed by atoms with Crippen LogP contribution in [0.15, 0.2) is 72.9 Å². The zero-order valence-electron chi connectivity index (χ0n) is 33.7. The molecule has 1 aromatic heterocycles. The number of amides is 3. The number of piperidine rings is 2. The summed E-state index contributed by atoms with van der Waals surface area (Å²) in [6, 6.07) is 22.0. The number of anilines is 2. The number of likely N-dealkylation sites (N-methyl/N-ethyl adjacent to an activating group) is 1. The minimum absolute atomic E-state index is 0.158. The fourth-order valence-corrected chi connectivity index (χ4v) is 8.53. The normalized spacial score (nSPS) is 17.9. The summed E-state index contributed by atoms with van der Waals surface area (Å²) in [7, 11) is 1.55. The van der Waals surface area contributed by atoms with E-state index < -0.39 is 17.9 Å². The molecular formula is C45H49ClN8O5. The Hall–Kier alpha value is -5.84. The number of carbonyl (C=O) groups is 4. The van der Waals surface area contributed by atoms with Crippen molar-refractivity contribution in [1.82, 2.24) is 25.1 Å². The number of piperazine rings is 1. The number of nitrogens with one attached hydrogen (secondary N) is 1. The first-order chi connectivity index (χ1) is 28.4. The van der Waals surface area contributed by atoms with E-state index >= 15 is 0 Å². The first-order valence-corrected chi connectivity index (χ1v) is 20.5. The minimum Gasteiger partial charge on any atom is -0.487 e. The highest BCUT2D eigenvalue weighted by Crippen LogP contribution is 2.35. The van der Waals surface area contributed by atoms with Gasteiger partial charge in [0.2, 0.25) is 17.8 Å². The van der Waals surface area contributed by atoms with Crippen molar-refractivity contribution >= 4 is 47.2 Å². The quantitative estimate of drug-likeness (QED) is 0.140. The van der Waals surface area contributed by atoms with E-state index in [4.69, 9.17) is 21.3 Å². The van der Waals surface area contributed by atoms with Crippen LogP contribution in [-0.4, -0.2) is 103 Å². The number of rotatable bonds is 12. The molecule has 3 saturated heterocycles. The number of hydrogen-bond donors (Lipinski definition) is 1. The van der Waals surface area contributed by atoms with Gasteiger partial charge in [-0.3, -0.25) is 29.4 Å². The lowest BCUT2D eigenvalue weighted by atomic mass is 9.78. The summed E-state index contributed by atoms with van der Waals surface area (Å²) in [5, 5.41) is 12.3. The number of aldehydes is 1. The lowest BCUT2D eigenvalue weighted by molar-refractivity contribution is -0.136. The number of carbonyl (C=O) groups excluding carboxylic acids is 4. The molecule has 4 aromatic rings. The van der Waals surface area contributed by atoms with Gasteiger partial charge in [0.1, 0.15) is 18.4 Å². The Kier molecular flexibility index (Phi) is 12.6. The van der Waals surface area contributed by atoms with E-state index in [1.54, 1.807) is 31.4 Å². The molecule has 59 heavy (non-hydrogen) atoms. The molecule has 306 valence electrons. The first kappa shape index (κ1) is 41.3.